The number of rotatable bonds is 8. The lowest BCUT2D eigenvalue weighted by Crippen LogP contribution is -2.32. The molecule has 1 unspecified atom stereocenters. The first-order valence-corrected chi connectivity index (χ1v) is 12.7. The Morgan fingerprint density at radius 1 is 0.974 bits per heavy atom. The summed E-state index contributed by atoms with van der Waals surface area (Å²) in [6.07, 6.45) is 3.34. The van der Waals surface area contributed by atoms with E-state index >= 15 is 0 Å². The SMILES string of the molecule is NSc1cccc(-c2cccnc2C(Cc2cc(F)cc(F)c2)NC(=O)Cc2c[nH]c3ccc(F)cc23)c1. The number of aromatic nitrogens is 2. The zero-order valence-electron chi connectivity index (χ0n) is 20.0. The minimum Gasteiger partial charge on any atom is -0.361 e. The standard InChI is InChI=1S/C29H23F3N4OS/c30-20-6-7-26-25(15-20)19(16-35-26)13-28(37)36-27(11-17-9-21(31)14-22(32)10-17)29-24(5-2-8-34-29)18-3-1-4-23(12-18)38-33/h1-10,12,14-16,27,35H,11,13,33H2,(H,36,37). The molecule has 2 heterocycles. The second-order valence-electron chi connectivity index (χ2n) is 8.86. The van der Waals surface area contributed by atoms with Crippen molar-refractivity contribution in [2.45, 2.75) is 23.8 Å². The lowest BCUT2D eigenvalue weighted by atomic mass is 9.95. The van der Waals surface area contributed by atoms with Crippen LogP contribution in [0.25, 0.3) is 22.0 Å². The first-order valence-electron chi connectivity index (χ1n) is 11.8. The Kier molecular flexibility index (Phi) is 7.48. The van der Waals surface area contributed by atoms with E-state index in [2.05, 4.69) is 15.3 Å². The molecule has 0 bridgehead atoms. The minimum absolute atomic E-state index is 0.0288. The van der Waals surface area contributed by atoms with Crippen LogP contribution in [0, 0.1) is 17.5 Å². The van der Waals surface area contributed by atoms with Crippen molar-refractivity contribution in [2.24, 2.45) is 5.14 Å². The Labute approximate surface area is 221 Å². The third-order valence-corrected chi connectivity index (χ3v) is 6.75. The van der Waals surface area contributed by atoms with Gasteiger partial charge in [0, 0.05) is 39.8 Å². The van der Waals surface area contributed by atoms with Crippen molar-refractivity contribution in [3.63, 3.8) is 0 Å². The second-order valence-corrected chi connectivity index (χ2v) is 9.57. The summed E-state index contributed by atoms with van der Waals surface area (Å²) in [7, 11) is 0. The van der Waals surface area contributed by atoms with E-state index in [1.807, 2.05) is 30.3 Å². The van der Waals surface area contributed by atoms with Gasteiger partial charge in [-0.15, -0.1) is 0 Å². The molecular formula is C29H23F3N4OS. The number of aromatic amines is 1. The molecule has 1 amide bonds. The summed E-state index contributed by atoms with van der Waals surface area (Å²) in [5.41, 5.74) is 3.83. The average molecular weight is 533 g/mol. The summed E-state index contributed by atoms with van der Waals surface area (Å²) in [5.74, 6) is -2.17. The number of nitrogens with one attached hydrogen (secondary N) is 2. The number of hydrogen-bond donors (Lipinski definition) is 3. The van der Waals surface area contributed by atoms with Gasteiger partial charge < -0.3 is 10.3 Å². The third-order valence-electron chi connectivity index (χ3n) is 6.23. The van der Waals surface area contributed by atoms with E-state index < -0.39 is 23.5 Å². The fourth-order valence-electron chi connectivity index (χ4n) is 4.57. The van der Waals surface area contributed by atoms with Gasteiger partial charge in [0.25, 0.3) is 0 Å². The van der Waals surface area contributed by atoms with E-state index in [4.69, 9.17) is 5.14 Å². The van der Waals surface area contributed by atoms with Crippen molar-refractivity contribution in [3.8, 4) is 11.1 Å². The molecule has 1 atom stereocenters. The van der Waals surface area contributed by atoms with Gasteiger partial charge in [0.1, 0.15) is 17.5 Å². The fraction of sp³-hybridized carbons (Fsp3) is 0.103. The number of fused-ring (bicyclic) bond motifs is 1. The molecule has 0 saturated carbocycles. The number of amides is 1. The van der Waals surface area contributed by atoms with E-state index in [-0.39, 0.29) is 18.7 Å². The Morgan fingerprint density at radius 3 is 2.58 bits per heavy atom. The van der Waals surface area contributed by atoms with E-state index in [0.29, 0.717) is 27.7 Å². The van der Waals surface area contributed by atoms with Crippen LogP contribution in [0.1, 0.15) is 22.9 Å². The van der Waals surface area contributed by atoms with Crippen LogP contribution in [0.4, 0.5) is 13.2 Å². The summed E-state index contributed by atoms with van der Waals surface area (Å²) in [6, 6.07) is 18.1. The van der Waals surface area contributed by atoms with Crippen LogP contribution < -0.4 is 10.5 Å². The number of nitrogens with two attached hydrogens (primary N) is 1. The molecule has 0 saturated heterocycles. The van der Waals surface area contributed by atoms with Gasteiger partial charge in [0.15, 0.2) is 0 Å². The predicted octanol–water partition coefficient (Wildman–Crippen LogP) is 6.26. The number of halogens is 3. The molecule has 3 aromatic carbocycles. The first kappa shape index (κ1) is 25.6. The summed E-state index contributed by atoms with van der Waals surface area (Å²) in [6.45, 7) is 0. The molecule has 0 radical (unpaired) electrons. The molecule has 0 spiro atoms. The van der Waals surface area contributed by atoms with Gasteiger partial charge in [0.2, 0.25) is 5.91 Å². The van der Waals surface area contributed by atoms with Crippen molar-refractivity contribution < 1.29 is 18.0 Å². The molecule has 4 N–H and O–H groups in total. The number of nitrogens with zero attached hydrogens (tertiary/aromatic N) is 1. The molecule has 0 aliphatic rings. The van der Waals surface area contributed by atoms with Gasteiger partial charge in [-0.25, -0.2) is 13.2 Å². The Hall–Kier alpha value is -4.08. The highest BCUT2D eigenvalue weighted by Crippen LogP contribution is 2.31. The minimum atomic E-state index is -0.712. The van der Waals surface area contributed by atoms with Crippen LogP contribution in [0.3, 0.4) is 0 Å². The lowest BCUT2D eigenvalue weighted by molar-refractivity contribution is -0.121. The fourth-order valence-corrected chi connectivity index (χ4v) is 4.92. The molecule has 5 aromatic rings. The Morgan fingerprint density at radius 2 is 1.79 bits per heavy atom. The van der Waals surface area contributed by atoms with E-state index in [0.717, 1.165) is 34.0 Å². The number of benzene rings is 3. The summed E-state index contributed by atoms with van der Waals surface area (Å²) in [5, 5.41) is 9.35. The van der Waals surface area contributed by atoms with Crippen molar-refractivity contribution in [3.05, 3.63) is 119 Å². The largest absolute Gasteiger partial charge is 0.361 e. The molecule has 38 heavy (non-hydrogen) atoms. The van der Waals surface area contributed by atoms with Gasteiger partial charge in [-0.05, 0) is 83.6 Å². The molecule has 5 rings (SSSR count). The van der Waals surface area contributed by atoms with Crippen LogP contribution in [0.15, 0.2) is 90.1 Å². The molecule has 0 aliphatic heterocycles. The maximum absolute atomic E-state index is 14.0. The Balaban J connectivity index is 1.50. The van der Waals surface area contributed by atoms with Gasteiger partial charge >= 0.3 is 0 Å². The van der Waals surface area contributed by atoms with Crippen LogP contribution in [-0.2, 0) is 17.6 Å². The predicted molar refractivity (Wildman–Crippen MR) is 143 cm³/mol. The zero-order chi connectivity index (χ0) is 26.6. The highest BCUT2D eigenvalue weighted by atomic mass is 32.2. The van der Waals surface area contributed by atoms with Crippen LogP contribution in [0.5, 0.6) is 0 Å². The van der Waals surface area contributed by atoms with E-state index in [1.165, 1.54) is 24.3 Å². The average Bonchev–Trinajstić information content (AvgIpc) is 3.29. The number of carbonyl (C=O) groups is 1. The monoisotopic (exact) mass is 532 g/mol. The van der Waals surface area contributed by atoms with Crippen molar-refractivity contribution in [1.82, 2.24) is 15.3 Å². The Bertz CT molecular complexity index is 1600. The van der Waals surface area contributed by atoms with Crippen LogP contribution in [0.2, 0.25) is 0 Å². The van der Waals surface area contributed by atoms with Gasteiger partial charge in [-0.1, -0.05) is 18.2 Å². The third kappa shape index (κ3) is 5.74. The van der Waals surface area contributed by atoms with Gasteiger partial charge in [0.05, 0.1) is 18.2 Å². The normalized spacial score (nSPS) is 12.0. The number of H-pyrrole nitrogens is 1. The highest BCUT2D eigenvalue weighted by Gasteiger charge is 2.22. The second kappa shape index (κ2) is 11.1. The van der Waals surface area contributed by atoms with Gasteiger partial charge in [-0.2, -0.15) is 0 Å². The molecular weight excluding hydrogens is 509 g/mol. The van der Waals surface area contributed by atoms with Crippen LogP contribution >= 0.6 is 11.9 Å². The molecule has 2 aromatic heterocycles. The first-order chi connectivity index (χ1) is 18.4. The molecule has 192 valence electrons. The van der Waals surface area contributed by atoms with Gasteiger partial charge in [-0.3, -0.25) is 14.9 Å². The van der Waals surface area contributed by atoms with E-state index in [1.54, 1.807) is 24.5 Å². The molecule has 9 heteroatoms. The molecule has 0 aliphatic carbocycles. The van der Waals surface area contributed by atoms with Crippen molar-refractivity contribution in [1.29, 1.82) is 0 Å². The van der Waals surface area contributed by atoms with E-state index in [9.17, 15) is 18.0 Å². The maximum Gasteiger partial charge on any atom is 0.225 e. The zero-order valence-corrected chi connectivity index (χ0v) is 20.9. The molecule has 5 nitrogen and oxygen atoms in total. The summed E-state index contributed by atoms with van der Waals surface area (Å²) in [4.78, 5) is 21.7. The van der Waals surface area contributed by atoms with Crippen LogP contribution in [-0.4, -0.2) is 15.9 Å². The quantitative estimate of drug-likeness (QED) is 0.206. The number of carbonyl (C=O) groups excluding carboxylic acids is 1. The topological polar surface area (TPSA) is 83.8 Å². The highest BCUT2D eigenvalue weighted by molar-refractivity contribution is 7.97. The van der Waals surface area contributed by atoms with Crippen molar-refractivity contribution >= 4 is 28.8 Å². The summed E-state index contributed by atoms with van der Waals surface area (Å²) >= 11 is 1.11. The smallest absolute Gasteiger partial charge is 0.225 e. The van der Waals surface area contributed by atoms with Crippen molar-refractivity contribution in [2.75, 3.05) is 0 Å². The number of pyridine rings is 1. The number of hydrogen-bond acceptors (Lipinski definition) is 4. The summed E-state index contributed by atoms with van der Waals surface area (Å²) < 4.78 is 41.9. The molecule has 0 fully saturated rings. The maximum atomic E-state index is 14.0. The lowest BCUT2D eigenvalue weighted by Gasteiger charge is -2.22.